The summed E-state index contributed by atoms with van der Waals surface area (Å²) in [6.45, 7) is 5.65. The maximum atomic E-state index is 13.0. The number of thiazole rings is 1. The first-order chi connectivity index (χ1) is 14.4. The first kappa shape index (κ1) is 21.3. The van der Waals surface area contributed by atoms with Gasteiger partial charge in [-0.1, -0.05) is 41.9 Å². The quantitative estimate of drug-likeness (QED) is 0.508. The lowest BCUT2D eigenvalue weighted by Crippen LogP contribution is -2.39. The van der Waals surface area contributed by atoms with Crippen LogP contribution in [0.5, 0.6) is 0 Å². The second kappa shape index (κ2) is 8.69. The Balaban J connectivity index is 1.43. The fourth-order valence-electron chi connectivity index (χ4n) is 4.04. The summed E-state index contributed by atoms with van der Waals surface area (Å²) in [5.74, 6) is 0. The van der Waals surface area contributed by atoms with Crippen molar-refractivity contribution in [1.29, 1.82) is 0 Å². The van der Waals surface area contributed by atoms with Crippen molar-refractivity contribution in [3.63, 3.8) is 0 Å². The number of piperidine rings is 1. The number of aromatic nitrogens is 1. The number of nitrogens with zero attached hydrogens (tertiary/aromatic N) is 2. The van der Waals surface area contributed by atoms with Gasteiger partial charge in [-0.15, -0.1) is 11.3 Å². The van der Waals surface area contributed by atoms with E-state index in [2.05, 4.69) is 42.3 Å². The van der Waals surface area contributed by atoms with Crippen molar-refractivity contribution in [3.05, 3.63) is 75.3 Å². The zero-order valence-electron chi connectivity index (χ0n) is 17.1. The molecule has 1 aromatic heterocycles. The molecule has 2 heterocycles. The number of hydrogen-bond acceptors (Lipinski definition) is 5. The van der Waals surface area contributed by atoms with Gasteiger partial charge >= 0.3 is 0 Å². The van der Waals surface area contributed by atoms with Crippen LogP contribution in [0, 0.1) is 13.8 Å². The molecule has 0 radical (unpaired) electrons. The minimum Gasteiger partial charge on any atom is -0.348 e. The SMILES string of the molecule is Cc1cccc(C)c1Cc1csc(N2CCC(S(=O)(=O)c3ccccc3Cl)CC2)n1. The summed E-state index contributed by atoms with van der Waals surface area (Å²) >= 11 is 7.78. The van der Waals surface area contributed by atoms with Crippen LogP contribution >= 0.6 is 22.9 Å². The molecule has 0 N–H and O–H groups in total. The first-order valence-electron chi connectivity index (χ1n) is 10.1. The van der Waals surface area contributed by atoms with E-state index in [9.17, 15) is 8.42 Å². The summed E-state index contributed by atoms with van der Waals surface area (Å²) in [5, 5.41) is 3.00. The Morgan fingerprint density at radius 2 is 1.73 bits per heavy atom. The van der Waals surface area contributed by atoms with Gasteiger partial charge in [0.15, 0.2) is 15.0 Å². The lowest BCUT2D eigenvalue weighted by atomic mass is 9.99. The molecule has 0 aliphatic carbocycles. The molecule has 0 bridgehead atoms. The molecule has 30 heavy (non-hydrogen) atoms. The molecule has 158 valence electrons. The van der Waals surface area contributed by atoms with E-state index in [1.165, 1.54) is 16.7 Å². The van der Waals surface area contributed by atoms with Crippen LogP contribution in [0.4, 0.5) is 5.13 Å². The Bertz CT molecular complexity index is 1130. The molecule has 1 fully saturated rings. The van der Waals surface area contributed by atoms with E-state index in [0.29, 0.717) is 31.0 Å². The van der Waals surface area contributed by atoms with Crippen molar-refractivity contribution < 1.29 is 8.42 Å². The molecule has 0 saturated carbocycles. The Hall–Kier alpha value is -1.89. The smallest absolute Gasteiger partial charge is 0.185 e. The third-order valence-corrected chi connectivity index (χ3v) is 9.55. The van der Waals surface area contributed by atoms with E-state index < -0.39 is 15.1 Å². The van der Waals surface area contributed by atoms with Crippen molar-refractivity contribution in [1.82, 2.24) is 4.98 Å². The molecular weight excluding hydrogens is 436 g/mol. The summed E-state index contributed by atoms with van der Waals surface area (Å²) in [6.07, 6.45) is 1.99. The van der Waals surface area contributed by atoms with Crippen LogP contribution in [0.3, 0.4) is 0 Å². The minimum absolute atomic E-state index is 0.246. The Labute approximate surface area is 187 Å². The number of benzene rings is 2. The van der Waals surface area contributed by atoms with Gasteiger partial charge in [-0.25, -0.2) is 13.4 Å². The molecule has 1 saturated heterocycles. The third-order valence-electron chi connectivity index (χ3n) is 5.84. The van der Waals surface area contributed by atoms with E-state index in [1.807, 2.05) is 0 Å². The molecule has 7 heteroatoms. The average Bonchev–Trinajstić information content (AvgIpc) is 3.20. The topological polar surface area (TPSA) is 50.3 Å². The Morgan fingerprint density at radius 3 is 2.40 bits per heavy atom. The zero-order valence-corrected chi connectivity index (χ0v) is 19.5. The summed E-state index contributed by atoms with van der Waals surface area (Å²) in [6, 6.07) is 13.1. The highest BCUT2D eigenvalue weighted by Gasteiger charge is 2.33. The van der Waals surface area contributed by atoms with Crippen LogP contribution in [0.2, 0.25) is 5.02 Å². The monoisotopic (exact) mass is 460 g/mol. The second-order valence-corrected chi connectivity index (χ2v) is 11.3. The van der Waals surface area contributed by atoms with Gasteiger partial charge in [0.1, 0.15) is 0 Å². The standard InChI is InChI=1S/C23H25ClN2O2S2/c1-16-6-5-7-17(2)20(16)14-18-15-29-23(25-18)26-12-10-19(11-13-26)30(27,28)22-9-4-3-8-21(22)24/h3-9,15,19H,10-14H2,1-2H3. The molecule has 2 aromatic carbocycles. The molecule has 1 aliphatic rings. The maximum absolute atomic E-state index is 13.0. The maximum Gasteiger partial charge on any atom is 0.185 e. The van der Waals surface area contributed by atoms with Gasteiger partial charge in [0.2, 0.25) is 0 Å². The highest BCUT2D eigenvalue weighted by atomic mass is 35.5. The average molecular weight is 461 g/mol. The largest absolute Gasteiger partial charge is 0.348 e. The normalized spacial score (nSPS) is 15.5. The fourth-order valence-corrected chi connectivity index (χ4v) is 7.18. The van der Waals surface area contributed by atoms with E-state index in [0.717, 1.165) is 17.2 Å². The van der Waals surface area contributed by atoms with E-state index in [-0.39, 0.29) is 4.90 Å². The van der Waals surface area contributed by atoms with Crippen LogP contribution in [-0.4, -0.2) is 31.7 Å². The van der Waals surface area contributed by atoms with Gasteiger partial charge in [-0.3, -0.25) is 0 Å². The van der Waals surface area contributed by atoms with E-state index in [4.69, 9.17) is 16.6 Å². The molecule has 1 aliphatic heterocycles. The van der Waals surface area contributed by atoms with Gasteiger partial charge in [-0.05, 0) is 55.5 Å². The van der Waals surface area contributed by atoms with Crippen LogP contribution in [0.1, 0.15) is 35.2 Å². The van der Waals surface area contributed by atoms with Crippen molar-refractivity contribution in [2.75, 3.05) is 18.0 Å². The van der Waals surface area contributed by atoms with Gasteiger partial charge in [0.05, 0.1) is 20.9 Å². The number of rotatable bonds is 5. The van der Waals surface area contributed by atoms with Crippen molar-refractivity contribution in [3.8, 4) is 0 Å². The van der Waals surface area contributed by atoms with E-state index in [1.54, 1.807) is 35.6 Å². The highest BCUT2D eigenvalue weighted by Crippen LogP contribution is 2.32. The van der Waals surface area contributed by atoms with Gasteiger partial charge in [0.25, 0.3) is 0 Å². The van der Waals surface area contributed by atoms with E-state index >= 15 is 0 Å². The number of sulfone groups is 1. The van der Waals surface area contributed by atoms with Gasteiger partial charge < -0.3 is 4.90 Å². The van der Waals surface area contributed by atoms with Crippen LogP contribution in [0.15, 0.2) is 52.7 Å². The molecule has 4 rings (SSSR count). The molecular formula is C23H25ClN2O2S2. The van der Waals surface area contributed by atoms with Crippen LogP contribution in [-0.2, 0) is 16.3 Å². The number of anilines is 1. The van der Waals surface area contributed by atoms with Crippen LogP contribution in [0.25, 0.3) is 0 Å². The third kappa shape index (κ3) is 4.27. The fraction of sp³-hybridized carbons (Fsp3) is 0.348. The predicted octanol–water partition coefficient (Wildman–Crippen LogP) is 5.45. The molecule has 0 unspecified atom stereocenters. The van der Waals surface area contributed by atoms with Gasteiger partial charge in [-0.2, -0.15) is 0 Å². The Kier molecular flexibility index (Phi) is 6.19. The predicted molar refractivity (Wildman–Crippen MR) is 125 cm³/mol. The zero-order chi connectivity index (χ0) is 21.3. The first-order valence-corrected chi connectivity index (χ1v) is 12.9. The molecule has 0 spiro atoms. The van der Waals surface area contributed by atoms with Crippen molar-refractivity contribution in [2.24, 2.45) is 0 Å². The highest BCUT2D eigenvalue weighted by molar-refractivity contribution is 7.92. The summed E-state index contributed by atoms with van der Waals surface area (Å²) in [7, 11) is -3.42. The Morgan fingerprint density at radius 1 is 1.07 bits per heavy atom. The molecule has 4 nitrogen and oxygen atoms in total. The molecule has 3 aromatic rings. The lowest BCUT2D eigenvalue weighted by molar-refractivity contribution is 0.529. The number of aryl methyl sites for hydroxylation is 2. The summed E-state index contributed by atoms with van der Waals surface area (Å²) < 4.78 is 26.0. The molecule has 0 amide bonds. The van der Waals surface area contributed by atoms with Crippen LogP contribution < -0.4 is 4.90 Å². The lowest BCUT2D eigenvalue weighted by Gasteiger charge is -2.31. The minimum atomic E-state index is -3.42. The summed E-state index contributed by atoms with van der Waals surface area (Å²) in [5.41, 5.74) is 4.97. The van der Waals surface area contributed by atoms with Gasteiger partial charge in [0, 0.05) is 24.9 Å². The number of halogens is 1. The number of hydrogen-bond donors (Lipinski definition) is 0. The van der Waals surface area contributed by atoms with Crippen molar-refractivity contribution in [2.45, 2.75) is 43.3 Å². The molecule has 0 atom stereocenters. The second-order valence-electron chi connectivity index (χ2n) is 7.83. The summed E-state index contributed by atoms with van der Waals surface area (Å²) in [4.78, 5) is 7.30. The van der Waals surface area contributed by atoms with Crippen molar-refractivity contribution >= 4 is 37.9 Å².